The lowest BCUT2D eigenvalue weighted by Gasteiger charge is -2.05. The molecule has 0 atom stereocenters. The highest BCUT2D eigenvalue weighted by Crippen LogP contribution is 2.24. The summed E-state index contributed by atoms with van der Waals surface area (Å²) in [6.45, 7) is 0. The third-order valence-electron chi connectivity index (χ3n) is 1.84. The van der Waals surface area contributed by atoms with Gasteiger partial charge in [-0.3, -0.25) is 0 Å². The van der Waals surface area contributed by atoms with Crippen LogP contribution in [0.15, 0.2) is 11.7 Å². The van der Waals surface area contributed by atoms with Crippen molar-refractivity contribution in [2.24, 2.45) is 0 Å². The van der Waals surface area contributed by atoms with E-state index in [9.17, 15) is 8.78 Å². The fourth-order valence-electron chi connectivity index (χ4n) is 1.19. The summed E-state index contributed by atoms with van der Waals surface area (Å²) in [4.78, 5) is 0. The molecule has 0 aromatic heterocycles. The van der Waals surface area contributed by atoms with Gasteiger partial charge in [0.25, 0.3) is 0 Å². The number of rotatable bonds is 0. The van der Waals surface area contributed by atoms with Crippen LogP contribution >= 0.6 is 0 Å². The van der Waals surface area contributed by atoms with Crippen LogP contribution in [0.5, 0.6) is 0 Å². The molecule has 0 saturated carbocycles. The van der Waals surface area contributed by atoms with Gasteiger partial charge in [0, 0.05) is 12.8 Å². The first-order valence-corrected chi connectivity index (χ1v) is 3.84. The molecule has 0 aliphatic heterocycles. The minimum atomic E-state index is -0.514. The number of hydrogen-bond donors (Lipinski definition) is 0. The van der Waals surface area contributed by atoms with E-state index in [0.29, 0.717) is 12.8 Å². The van der Waals surface area contributed by atoms with E-state index in [4.69, 9.17) is 0 Å². The van der Waals surface area contributed by atoms with Crippen molar-refractivity contribution < 1.29 is 8.78 Å². The molecule has 0 bridgehead atoms. The molecule has 0 amide bonds. The van der Waals surface area contributed by atoms with E-state index < -0.39 is 11.7 Å². The van der Waals surface area contributed by atoms with E-state index >= 15 is 0 Å². The van der Waals surface area contributed by atoms with Crippen LogP contribution in [-0.2, 0) is 0 Å². The van der Waals surface area contributed by atoms with Crippen LogP contribution in [0.3, 0.4) is 0 Å². The van der Waals surface area contributed by atoms with Gasteiger partial charge in [-0.15, -0.1) is 0 Å². The molecule has 0 nitrogen and oxygen atoms in total. The maximum absolute atomic E-state index is 12.5. The third kappa shape index (κ3) is 2.09. The molecule has 1 rings (SSSR count). The van der Waals surface area contributed by atoms with Crippen molar-refractivity contribution in [3.05, 3.63) is 11.7 Å². The van der Waals surface area contributed by atoms with Gasteiger partial charge in [0.1, 0.15) is 11.7 Å². The average Bonchev–Trinajstić information content (AvgIpc) is 1.92. The predicted octanol–water partition coefficient (Wildman–Crippen LogP) is 3.49. The van der Waals surface area contributed by atoms with Crippen LogP contribution in [0.2, 0.25) is 0 Å². The first-order chi connectivity index (χ1) is 4.80. The van der Waals surface area contributed by atoms with Gasteiger partial charge in [0.2, 0.25) is 0 Å². The van der Waals surface area contributed by atoms with Gasteiger partial charge in [-0.05, 0) is 12.8 Å². The van der Waals surface area contributed by atoms with Gasteiger partial charge >= 0.3 is 0 Å². The van der Waals surface area contributed by atoms with E-state index in [1.165, 1.54) is 0 Å². The molecule has 1 aliphatic rings. The van der Waals surface area contributed by atoms with Crippen molar-refractivity contribution in [2.45, 2.75) is 38.5 Å². The van der Waals surface area contributed by atoms with E-state index in [0.717, 1.165) is 25.7 Å². The summed E-state index contributed by atoms with van der Waals surface area (Å²) >= 11 is 0. The van der Waals surface area contributed by atoms with Crippen molar-refractivity contribution in [3.8, 4) is 0 Å². The van der Waals surface area contributed by atoms with Crippen LogP contribution in [0.1, 0.15) is 38.5 Å². The Morgan fingerprint density at radius 3 is 1.50 bits per heavy atom. The first-order valence-electron chi connectivity index (χ1n) is 3.84. The second kappa shape index (κ2) is 3.69. The highest BCUT2D eigenvalue weighted by Gasteiger charge is 2.08. The first kappa shape index (κ1) is 7.70. The number of halogens is 2. The molecule has 0 fully saturated rings. The molecular formula is C8H12F2. The summed E-state index contributed by atoms with van der Waals surface area (Å²) < 4.78 is 25.0. The van der Waals surface area contributed by atoms with E-state index in [1.807, 2.05) is 0 Å². The fraction of sp³-hybridized carbons (Fsp3) is 0.750. The average molecular weight is 146 g/mol. The second-order valence-electron chi connectivity index (χ2n) is 2.72. The van der Waals surface area contributed by atoms with Crippen LogP contribution in [-0.4, -0.2) is 0 Å². The summed E-state index contributed by atoms with van der Waals surface area (Å²) in [7, 11) is 0. The Morgan fingerprint density at radius 1 is 0.700 bits per heavy atom. The molecule has 10 heavy (non-hydrogen) atoms. The van der Waals surface area contributed by atoms with E-state index in [1.54, 1.807) is 0 Å². The normalized spacial score (nSPS) is 22.2. The molecule has 0 heterocycles. The maximum atomic E-state index is 12.5. The summed E-state index contributed by atoms with van der Waals surface area (Å²) in [5.74, 6) is -1.03. The van der Waals surface area contributed by atoms with Gasteiger partial charge in [-0.1, -0.05) is 12.8 Å². The van der Waals surface area contributed by atoms with Gasteiger partial charge in [-0.25, -0.2) is 8.78 Å². The van der Waals surface area contributed by atoms with Crippen LogP contribution in [0.4, 0.5) is 8.78 Å². The second-order valence-corrected chi connectivity index (χ2v) is 2.72. The van der Waals surface area contributed by atoms with Crippen molar-refractivity contribution in [1.29, 1.82) is 0 Å². The standard InChI is InChI=1S/C8H12F2/c9-7-5-3-1-2-4-6-8(7)10/h1-6H2. The zero-order valence-electron chi connectivity index (χ0n) is 6.00. The van der Waals surface area contributed by atoms with Gasteiger partial charge in [0.05, 0.1) is 0 Å². The Balaban J connectivity index is 2.51. The van der Waals surface area contributed by atoms with Crippen molar-refractivity contribution in [3.63, 3.8) is 0 Å². The Morgan fingerprint density at radius 2 is 1.10 bits per heavy atom. The number of allylic oxidation sites excluding steroid dienone is 2. The number of hydrogen-bond acceptors (Lipinski definition) is 0. The molecule has 58 valence electrons. The largest absolute Gasteiger partial charge is 0.209 e. The minimum absolute atomic E-state index is 0.311. The topological polar surface area (TPSA) is 0 Å². The summed E-state index contributed by atoms with van der Waals surface area (Å²) in [5, 5.41) is 0. The zero-order chi connectivity index (χ0) is 7.40. The maximum Gasteiger partial charge on any atom is 0.131 e. The van der Waals surface area contributed by atoms with Crippen LogP contribution in [0, 0.1) is 0 Å². The molecule has 0 spiro atoms. The van der Waals surface area contributed by atoms with Crippen molar-refractivity contribution in [2.75, 3.05) is 0 Å². The van der Waals surface area contributed by atoms with E-state index in [-0.39, 0.29) is 0 Å². The predicted molar refractivity (Wildman–Crippen MR) is 36.9 cm³/mol. The lowest BCUT2D eigenvalue weighted by atomic mass is 10.1. The summed E-state index contributed by atoms with van der Waals surface area (Å²) in [6, 6.07) is 0. The Hall–Kier alpha value is -0.400. The molecular weight excluding hydrogens is 134 g/mol. The highest BCUT2D eigenvalue weighted by molar-refractivity contribution is 5.00. The molecule has 0 aromatic carbocycles. The van der Waals surface area contributed by atoms with E-state index in [2.05, 4.69) is 0 Å². The SMILES string of the molecule is FC1=C(F)CCCCCC1. The lowest BCUT2D eigenvalue weighted by molar-refractivity contribution is 0.444. The molecule has 0 saturated heterocycles. The Kier molecular flexibility index (Phi) is 2.84. The quantitative estimate of drug-likeness (QED) is 0.490. The summed E-state index contributed by atoms with van der Waals surface area (Å²) in [6.07, 6.45) is 4.32. The fourth-order valence-corrected chi connectivity index (χ4v) is 1.19. The Bertz CT molecular complexity index is 122. The molecule has 1 aliphatic carbocycles. The van der Waals surface area contributed by atoms with Gasteiger partial charge in [-0.2, -0.15) is 0 Å². The zero-order valence-corrected chi connectivity index (χ0v) is 6.00. The monoisotopic (exact) mass is 146 g/mol. The summed E-state index contributed by atoms with van der Waals surface area (Å²) in [5.41, 5.74) is 0. The molecule has 2 heteroatoms. The van der Waals surface area contributed by atoms with Gasteiger partial charge in [0.15, 0.2) is 0 Å². The van der Waals surface area contributed by atoms with Crippen molar-refractivity contribution in [1.82, 2.24) is 0 Å². The van der Waals surface area contributed by atoms with Gasteiger partial charge < -0.3 is 0 Å². The highest BCUT2D eigenvalue weighted by atomic mass is 19.2. The van der Waals surface area contributed by atoms with Crippen molar-refractivity contribution >= 4 is 0 Å². The van der Waals surface area contributed by atoms with Crippen LogP contribution < -0.4 is 0 Å². The molecule has 0 radical (unpaired) electrons. The minimum Gasteiger partial charge on any atom is -0.209 e. The van der Waals surface area contributed by atoms with Crippen LogP contribution in [0.25, 0.3) is 0 Å². The molecule has 0 aromatic rings. The smallest absolute Gasteiger partial charge is 0.131 e. The molecule has 0 unspecified atom stereocenters. The lowest BCUT2D eigenvalue weighted by Crippen LogP contribution is -1.89. The molecule has 0 N–H and O–H groups in total. The Labute approximate surface area is 59.9 Å². The third-order valence-corrected chi connectivity index (χ3v) is 1.84.